The summed E-state index contributed by atoms with van der Waals surface area (Å²) in [7, 11) is 0. The number of nitrogens with two attached hydrogens (primary N) is 1. The smallest absolute Gasteiger partial charge is 0.0870 e. The van der Waals surface area contributed by atoms with Crippen molar-refractivity contribution in [2.45, 2.75) is 18.9 Å². The van der Waals surface area contributed by atoms with Gasteiger partial charge in [-0.2, -0.15) is 0 Å². The number of rotatable bonds is 4. The van der Waals surface area contributed by atoms with Gasteiger partial charge in [0, 0.05) is 17.5 Å². The molecule has 0 heterocycles. The molecule has 19 heavy (non-hydrogen) atoms. The van der Waals surface area contributed by atoms with Gasteiger partial charge in [0.2, 0.25) is 0 Å². The van der Waals surface area contributed by atoms with Crippen LogP contribution in [0, 0.1) is 6.92 Å². The SMILES string of the molecule is Cc1ccccc1C(CN)C(O)c1ccc(Cl)cc1. The molecule has 2 aromatic carbocycles. The number of aryl methyl sites for hydroxylation is 1. The van der Waals surface area contributed by atoms with Gasteiger partial charge in [-0.1, -0.05) is 48.0 Å². The summed E-state index contributed by atoms with van der Waals surface area (Å²) in [4.78, 5) is 0. The van der Waals surface area contributed by atoms with E-state index in [1.807, 2.05) is 43.3 Å². The Labute approximate surface area is 118 Å². The van der Waals surface area contributed by atoms with Crippen LogP contribution in [0.1, 0.15) is 28.7 Å². The zero-order chi connectivity index (χ0) is 13.8. The van der Waals surface area contributed by atoms with E-state index in [4.69, 9.17) is 17.3 Å². The first-order valence-electron chi connectivity index (χ1n) is 6.32. The van der Waals surface area contributed by atoms with Gasteiger partial charge in [0.25, 0.3) is 0 Å². The molecule has 0 aliphatic carbocycles. The molecular weight excluding hydrogens is 258 g/mol. The van der Waals surface area contributed by atoms with Crippen LogP contribution in [0.3, 0.4) is 0 Å². The molecule has 3 heteroatoms. The predicted octanol–water partition coefficient (Wildman–Crippen LogP) is 3.42. The van der Waals surface area contributed by atoms with Crippen molar-refractivity contribution in [1.29, 1.82) is 0 Å². The largest absolute Gasteiger partial charge is 0.388 e. The molecule has 2 unspecified atom stereocenters. The molecule has 2 atom stereocenters. The van der Waals surface area contributed by atoms with Gasteiger partial charge in [-0.15, -0.1) is 0 Å². The van der Waals surface area contributed by atoms with Crippen molar-refractivity contribution in [3.8, 4) is 0 Å². The Balaban J connectivity index is 2.32. The summed E-state index contributed by atoms with van der Waals surface area (Å²) >= 11 is 5.87. The van der Waals surface area contributed by atoms with E-state index in [0.717, 1.165) is 16.7 Å². The first-order chi connectivity index (χ1) is 9.13. The normalized spacial score (nSPS) is 14.1. The van der Waals surface area contributed by atoms with Gasteiger partial charge < -0.3 is 10.8 Å². The molecule has 0 aromatic heterocycles. The lowest BCUT2D eigenvalue weighted by atomic mass is 9.87. The summed E-state index contributed by atoms with van der Waals surface area (Å²) in [5, 5.41) is 11.2. The Kier molecular flexibility index (Phi) is 4.59. The topological polar surface area (TPSA) is 46.2 Å². The van der Waals surface area contributed by atoms with Crippen LogP contribution in [-0.2, 0) is 0 Å². The van der Waals surface area contributed by atoms with Crippen molar-refractivity contribution >= 4 is 11.6 Å². The number of hydrogen-bond acceptors (Lipinski definition) is 2. The van der Waals surface area contributed by atoms with Crippen molar-refractivity contribution < 1.29 is 5.11 Å². The van der Waals surface area contributed by atoms with E-state index in [0.29, 0.717) is 11.6 Å². The standard InChI is InChI=1S/C16H18ClNO/c1-11-4-2-3-5-14(11)15(10-18)16(19)12-6-8-13(17)9-7-12/h2-9,15-16,19H,10,18H2,1H3. The van der Waals surface area contributed by atoms with Crippen molar-refractivity contribution in [1.82, 2.24) is 0 Å². The Morgan fingerprint density at radius 3 is 2.32 bits per heavy atom. The molecule has 0 bridgehead atoms. The molecule has 3 N–H and O–H groups in total. The molecule has 100 valence electrons. The summed E-state index contributed by atoms with van der Waals surface area (Å²) < 4.78 is 0. The first-order valence-corrected chi connectivity index (χ1v) is 6.70. The molecule has 0 saturated carbocycles. The van der Waals surface area contributed by atoms with Crippen molar-refractivity contribution in [3.05, 3.63) is 70.2 Å². The number of aliphatic hydroxyl groups excluding tert-OH is 1. The number of halogens is 1. The van der Waals surface area contributed by atoms with Gasteiger partial charge in [0.1, 0.15) is 0 Å². The van der Waals surface area contributed by atoms with E-state index in [1.165, 1.54) is 0 Å². The third kappa shape index (κ3) is 3.16. The highest BCUT2D eigenvalue weighted by molar-refractivity contribution is 6.30. The highest BCUT2D eigenvalue weighted by atomic mass is 35.5. The Bertz CT molecular complexity index is 539. The fourth-order valence-electron chi connectivity index (χ4n) is 2.32. The highest BCUT2D eigenvalue weighted by Gasteiger charge is 2.22. The second-order valence-electron chi connectivity index (χ2n) is 4.70. The lowest BCUT2D eigenvalue weighted by Crippen LogP contribution is -2.21. The second kappa shape index (κ2) is 6.20. The van der Waals surface area contributed by atoms with E-state index in [2.05, 4.69) is 0 Å². The average molecular weight is 276 g/mol. The Morgan fingerprint density at radius 1 is 1.11 bits per heavy atom. The Morgan fingerprint density at radius 2 is 1.74 bits per heavy atom. The van der Waals surface area contributed by atoms with Crippen LogP contribution in [0.15, 0.2) is 48.5 Å². The van der Waals surface area contributed by atoms with E-state index in [-0.39, 0.29) is 5.92 Å². The van der Waals surface area contributed by atoms with Gasteiger partial charge in [-0.25, -0.2) is 0 Å². The van der Waals surface area contributed by atoms with E-state index >= 15 is 0 Å². The highest BCUT2D eigenvalue weighted by Crippen LogP contribution is 2.32. The summed E-state index contributed by atoms with van der Waals surface area (Å²) in [6.07, 6.45) is -0.622. The maximum atomic E-state index is 10.5. The van der Waals surface area contributed by atoms with E-state index in [9.17, 15) is 5.11 Å². The summed E-state index contributed by atoms with van der Waals surface area (Å²) in [5.74, 6) is -0.109. The summed E-state index contributed by atoms with van der Waals surface area (Å²) in [5.41, 5.74) is 8.93. The van der Waals surface area contributed by atoms with Gasteiger partial charge in [0.05, 0.1) is 6.10 Å². The van der Waals surface area contributed by atoms with Crippen LogP contribution in [0.2, 0.25) is 5.02 Å². The van der Waals surface area contributed by atoms with Crippen molar-refractivity contribution in [2.24, 2.45) is 5.73 Å². The molecule has 0 aliphatic heterocycles. The molecule has 0 aliphatic rings. The molecule has 0 spiro atoms. The van der Waals surface area contributed by atoms with Crippen LogP contribution in [0.5, 0.6) is 0 Å². The summed E-state index contributed by atoms with van der Waals surface area (Å²) in [6.45, 7) is 2.43. The zero-order valence-electron chi connectivity index (χ0n) is 10.9. The number of aliphatic hydroxyl groups is 1. The number of benzene rings is 2. The van der Waals surface area contributed by atoms with Crippen molar-refractivity contribution in [2.75, 3.05) is 6.54 Å². The monoisotopic (exact) mass is 275 g/mol. The number of hydrogen-bond donors (Lipinski definition) is 2. The molecule has 0 fully saturated rings. The minimum absolute atomic E-state index is 0.109. The van der Waals surface area contributed by atoms with Crippen LogP contribution in [0.4, 0.5) is 0 Å². The van der Waals surface area contributed by atoms with Crippen LogP contribution >= 0.6 is 11.6 Å². The predicted molar refractivity (Wildman–Crippen MR) is 79.4 cm³/mol. The fraction of sp³-hybridized carbons (Fsp3) is 0.250. The average Bonchev–Trinajstić information content (AvgIpc) is 2.42. The van der Waals surface area contributed by atoms with Crippen LogP contribution < -0.4 is 5.73 Å². The third-order valence-corrected chi connectivity index (χ3v) is 3.69. The molecule has 0 saturated heterocycles. The van der Waals surface area contributed by atoms with Gasteiger partial charge in [-0.05, 0) is 35.7 Å². The molecule has 2 rings (SSSR count). The fourth-order valence-corrected chi connectivity index (χ4v) is 2.45. The lowest BCUT2D eigenvalue weighted by molar-refractivity contribution is 0.147. The zero-order valence-corrected chi connectivity index (χ0v) is 11.6. The lowest BCUT2D eigenvalue weighted by Gasteiger charge is -2.24. The molecular formula is C16H18ClNO. The molecule has 2 nitrogen and oxygen atoms in total. The van der Waals surface area contributed by atoms with E-state index < -0.39 is 6.10 Å². The van der Waals surface area contributed by atoms with Gasteiger partial charge >= 0.3 is 0 Å². The molecule has 0 amide bonds. The van der Waals surface area contributed by atoms with Crippen LogP contribution in [0.25, 0.3) is 0 Å². The van der Waals surface area contributed by atoms with Gasteiger partial charge in [0.15, 0.2) is 0 Å². The maximum absolute atomic E-state index is 10.5. The van der Waals surface area contributed by atoms with Crippen molar-refractivity contribution in [3.63, 3.8) is 0 Å². The Hall–Kier alpha value is -1.35. The quantitative estimate of drug-likeness (QED) is 0.898. The molecule has 0 radical (unpaired) electrons. The van der Waals surface area contributed by atoms with Gasteiger partial charge in [-0.3, -0.25) is 0 Å². The minimum Gasteiger partial charge on any atom is -0.388 e. The van der Waals surface area contributed by atoms with Crippen LogP contribution in [-0.4, -0.2) is 11.7 Å². The maximum Gasteiger partial charge on any atom is 0.0870 e. The first kappa shape index (κ1) is 14.1. The van der Waals surface area contributed by atoms with E-state index in [1.54, 1.807) is 12.1 Å². The second-order valence-corrected chi connectivity index (χ2v) is 5.13. The summed E-state index contributed by atoms with van der Waals surface area (Å²) in [6, 6.07) is 15.3. The third-order valence-electron chi connectivity index (χ3n) is 3.43. The molecule has 2 aromatic rings. The minimum atomic E-state index is -0.622.